The Balaban J connectivity index is 4.22. The highest BCUT2D eigenvalue weighted by molar-refractivity contribution is 5.70. The lowest BCUT2D eigenvalue weighted by Gasteiger charge is -2.18. The lowest BCUT2D eigenvalue weighted by atomic mass is 10.0. The van der Waals surface area contributed by atoms with Gasteiger partial charge in [-0.05, 0) is 44.9 Å². The third-order valence-corrected chi connectivity index (χ3v) is 12.3. The van der Waals surface area contributed by atoms with E-state index in [0.29, 0.717) is 26.1 Å². The molecule has 0 spiro atoms. The minimum absolute atomic E-state index is 0.0905. The Bertz CT molecular complexity index is 871. The van der Waals surface area contributed by atoms with Gasteiger partial charge >= 0.3 is 11.9 Å². The number of hydrogen-bond donors (Lipinski definition) is 0. The van der Waals surface area contributed by atoms with Crippen molar-refractivity contribution in [3.05, 3.63) is 12.2 Å². The average Bonchev–Trinajstić information content (AvgIpc) is 3.25. The van der Waals surface area contributed by atoms with Crippen molar-refractivity contribution in [1.29, 1.82) is 0 Å². The minimum Gasteiger partial charge on any atom is -0.462 e. The fourth-order valence-electron chi connectivity index (χ4n) is 8.21. The van der Waals surface area contributed by atoms with Crippen molar-refractivity contribution in [2.24, 2.45) is 0 Å². The number of allylic oxidation sites excluding steroid dienone is 2. The van der Waals surface area contributed by atoms with E-state index in [1.165, 1.54) is 231 Å². The number of rotatable bonds is 51. The average molecular weight is 847 g/mol. The summed E-state index contributed by atoms with van der Waals surface area (Å²) in [6, 6.07) is 0. The van der Waals surface area contributed by atoms with Gasteiger partial charge in [-0.2, -0.15) is 0 Å². The lowest BCUT2D eigenvalue weighted by Crippen LogP contribution is -2.30. The number of hydrogen-bond acceptors (Lipinski definition) is 5. The van der Waals surface area contributed by atoms with E-state index in [1.54, 1.807) is 0 Å². The predicted octanol–water partition coefficient (Wildman–Crippen LogP) is 18.2. The maximum Gasteiger partial charge on any atom is 0.306 e. The number of carbonyl (C=O) groups excluding carboxylic acids is 2. The zero-order chi connectivity index (χ0) is 43.5. The molecule has 0 saturated heterocycles. The van der Waals surface area contributed by atoms with Gasteiger partial charge in [-0.3, -0.25) is 9.59 Å². The second kappa shape index (κ2) is 52.0. The first-order valence-corrected chi connectivity index (χ1v) is 27.2. The van der Waals surface area contributed by atoms with Crippen LogP contribution in [0.15, 0.2) is 12.2 Å². The molecular formula is C55H106O5. The third kappa shape index (κ3) is 49.3. The van der Waals surface area contributed by atoms with Crippen molar-refractivity contribution in [2.45, 2.75) is 309 Å². The molecule has 0 aromatic rings. The van der Waals surface area contributed by atoms with Crippen LogP contribution in [0.4, 0.5) is 0 Å². The first kappa shape index (κ1) is 58.6. The molecule has 1 atom stereocenters. The molecule has 0 amide bonds. The molecule has 0 aromatic heterocycles. The van der Waals surface area contributed by atoms with Crippen LogP contribution in [0, 0.1) is 0 Å². The van der Waals surface area contributed by atoms with Crippen LogP contribution in [0.2, 0.25) is 0 Å². The molecule has 0 heterocycles. The van der Waals surface area contributed by atoms with Crippen LogP contribution >= 0.6 is 0 Å². The Labute approximate surface area is 375 Å². The van der Waals surface area contributed by atoms with Gasteiger partial charge in [-0.15, -0.1) is 0 Å². The molecule has 356 valence electrons. The SMILES string of the molecule is CCCCCCCC/C=C\CCCCCCCC(=O)OC[C@@H](COCCCCCCCCCCCCCCCC)OC(=O)CCCCCCCCCCCCCCCCC. The maximum atomic E-state index is 12.8. The smallest absolute Gasteiger partial charge is 0.306 e. The van der Waals surface area contributed by atoms with Gasteiger partial charge in [0.05, 0.1) is 6.61 Å². The maximum absolute atomic E-state index is 12.8. The highest BCUT2D eigenvalue weighted by Crippen LogP contribution is 2.16. The van der Waals surface area contributed by atoms with Crippen molar-refractivity contribution in [3.63, 3.8) is 0 Å². The Kier molecular flexibility index (Phi) is 50.8. The van der Waals surface area contributed by atoms with E-state index in [4.69, 9.17) is 14.2 Å². The summed E-state index contributed by atoms with van der Waals surface area (Å²) in [6.45, 7) is 7.89. The van der Waals surface area contributed by atoms with E-state index < -0.39 is 6.10 Å². The molecule has 5 nitrogen and oxygen atoms in total. The van der Waals surface area contributed by atoms with Gasteiger partial charge in [0.1, 0.15) is 6.61 Å². The molecule has 0 aliphatic heterocycles. The van der Waals surface area contributed by atoms with Crippen LogP contribution in [0.1, 0.15) is 303 Å². The van der Waals surface area contributed by atoms with E-state index in [1.807, 2.05) is 0 Å². The minimum atomic E-state index is -0.529. The van der Waals surface area contributed by atoms with Crippen LogP contribution in [-0.2, 0) is 23.8 Å². The highest BCUT2D eigenvalue weighted by Gasteiger charge is 2.17. The highest BCUT2D eigenvalue weighted by atomic mass is 16.6. The summed E-state index contributed by atoms with van der Waals surface area (Å²) in [5, 5.41) is 0. The van der Waals surface area contributed by atoms with Gasteiger partial charge in [-0.25, -0.2) is 0 Å². The third-order valence-electron chi connectivity index (χ3n) is 12.3. The first-order valence-electron chi connectivity index (χ1n) is 27.2. The Morgan fingerprint density at radius 3 is 1.02 bits per heavy atom. The first-order chi connectivity index (χ1) is 29.6. The lowest BCUT2D eigenvalue weighted by molar-refractivity contribution is -0.163. The van der Waals surface area contributed by atoms with E-state index >= 15 is 0 Å². The molecule has 0 aromatic carbocycles. The number of esters is 2. The summed E-state index contributed by atoms with van der Waals surface area (Å²) < 4.78 is 17.4. The van der Waals surface area contributed by atoms with Gasteiger partial charge in [0.25, 0.3) is 0 Å². The standard InChI is InChI=1S/C55H106O5/c1-4-7-10-13-16-19-22-25-28-30-33-36-39-42-45-48-54(56)59-52-53(51-58-50-47-44-41-38-35-32-27-24-21-18-15-12-9-6-3)60-55(57)49-46-43-40-37-34-31-29-26-23-20-17-14-11-8-5-2/h25,28,53H,4-24,26-27,29-52H2,1-3H3/b28-25-/t53-/m1/s1. The van der Waals surface area contributed by atoms with Gasteiger partial charge in [0.2, 0.25) is 0 Å². The second-order valence-electron chi connectivity index (χ2n) is 18.5. The molecule has 5 heteroatoms. The summed E-state index contributed by atoms with van der Waals surface area (Å²) in [5.41, 5.74) is 0. The van der Waals surface area contributed by atoms with Crippen molar-refractivity contribution >= 4 is 11.9 Å². The van der Waals surface area contributed by atoms with Crippen molar-refractivity contribution in [3.8, 4) is 0 Å². The molecule has 0 saturated carbocycles. The van der Waals surface area contributed by atoms with Gasteiger partial charge in [0.15, 0.2) is 6.10 Å². The summed E-state index contributed by atoms with van der Waals surface area (Å²) in [7, 11) is 0. The molecule has 0 aliphatic carbocycles. The molecule has 0 N–H and O–H groups in total. The summed E-state index contributed by atoms with van der Waals surface area (Å²) in [5.74, 6) is -0.383. The predicted molar refractivity (Wildman–Crippen MR) is 261 cm³/mol. The fraction of sp³-hybridized carbons (Fsp3) is 0.927. The van der Waals surface area contributed by atoms with Crippen LogP contribution in [-0.4, -0.2) is 37.9 Å². The molecule has 0 bridgehead atoms. The van der Waals surface area contributed by atoms with Crippen LogP contribution in [0.5, 0.6) is 0 Å². The zero-order valence-corrected chi connectivity index (χ0v) is 41.0. The molecule has 0 aliphatic rings. The van der Waals surface area contributed by atoms with Crippen LogP contribution in [0.25, 0.3) is 0 Å². The normalized spacial score (nSPS) is 12.1. The van der Waals surface area contributed by atoms with E-state index in [-0.39, 0.29) is 18.5 Å². The Hall–Kier alpha value is -1.36. The molecule has 0 radical (unpaired) electrons. The van der Waals surface area contributed by atoms with E-state index in [9.17, 15) is 9.59 Å². The summed E-state index contributed by atoms with van der Waals surface area (Å²) in [6.07, 6.45) is 59.3. The monoisotopic (exact) mass is 847 g/mol. The quantitative estimate of drug-likeness (QED) is 0.0347. The van der Waals surface area contributed by atoms with Gasteiger partial charge in [-0.1, -0.05) is 258 Å². The van der Waals surface area contributed by atoms with Crippen molar-refractivity contribution < 1.29 is 23.8 Å². The van der Waals surface area contributed by atoms with E-state index in [2.05, 4.69) is 32.9 Å². The zero-order valence-electron chi connectivity index (χ0n) is 41.0. The largest absolute Gasteiger partial charge is 0.462 e. The summed E-state index contributed by atoms with van der Waals surface area (Å²) >= 11 is 0. The Morgan fingerprint density at radius 1 is 0.350 bits per heavy atom. The molecule has 0 unspecified atom stereocenters. The number of unbranched alkanes of at least 4 members (excludes halogenated alkanes) is 38. The van der Waals surface area contributed by atoms with Crippen molar-refractivity contribution in [2.75, 3.05) is 19.8 Å². The number of ether oxygens (including phenoxy) is 3. The summed E-state index contributed by atoms with van der Waals surface area (Å²) in [4.78, 5) is 25.4. The Morgan fingerprint density at radius 2 is 0.650 bits per heavy atom. The molecule has 0 rings (SSSR count). The molecular weight excluding hydrogens is 741 g/mol. The molecule has 60 heavy (non-hydrogen) atoms. The van der Waals surface area contributed by atoms with E-state index in [0.717, 1.165) is 38.5 Å². The van der Waals surface area contributed by atoms with Gasteiger partial charge < -0.3 is 14.2 Å². The van der Waals surface area contributed by atoms with Crippen LogP contribution in [0.3, 0.4) is 0 Å². The van der Waals surface area contributed by atoms with Crippen LogP contribution < -0.4 is 0 Å². The number of carbonyl (C=O) groups is 2. The molecule has 0 fully saturated rings. The van der Waals surface area contributed by atoms with Crippen molar-refractivity contribution in [1.82, 2.24) is 0 Å². The van der Waals surface area contributed by atoms with Gasteiger partial charge in [0, 0.05) is 19.4 Å². The fourth-order valence-corrected chi connectivity index (χ4v) is 8.21. The second-order valence-corrected chi connectivity index (χ2v) is 18.5. The topological polar surface area (TPSA) is 61.8 Å².